The van der Waals surface area contributed by atoms with Crippen LogP contribution in [0, 0.1) is 0 Å². The highest BCUT2D eigenvalue weighted by Gasteiger charge is 2.25. The lowest BCUT2D eigenvalue weighted by Gasteiger charge is -2.16. The first-order valence-corrected chi connectivity index (χ1v) is 5.47. The van der Waals surface area contributed by atoms with Crippen molar-refractivity contribution in [2.75, 3.05) is 20.3 Å². The van der Waals surface area contributed by atoms with Gasteiger partial charge in [0.25, 0.3) is 0 Å². The fraction of sp³-hybridized carbons (Fsp3) is 0.700. The van der Waals surface area contributed by atoms with Crippen LogP contribution in [0.3, 0.4) is 0 Å². The van der Waals surface area contributed by atoms with Crippen LogP contribution in [0.15, 0.2) is 0 Å². The lowest BCUT2D eigenvalue weighted by Crippen LogP contribution is -2.49. The van der Waals surface area contributed by atoms with E-state index in [1.54, 1.807) is 0 Å². The summed E-state index contributed by atoms with van der Waals surface area (Å²) in [6, 6.07) is -2.07. The third-order valence-electron chi connectivity index (χ3n) is 2.47. The number of carbonyl (C=O) groups excluding carboxylic acids is 2. The van der Waals surface area contributed by atoms with Crippen molar-refractivity contribution in [3.05, 3.63) is 0 Å². The molecule has 0 aromatic rings. The summed E-state index contributed by atoms with van der Waals surface area (Å²) in [5.41, 5.74) is 0. The van der Waals surface area contributed by atoms with Gasteiger partial charge in [-0.05, 0) is 6.42 Å². The molecule has 1 saturated heterocycles. The van der Waals surface area contributed by atoms with Crippen molar-refractivity contribution in [3.63, 3.8) is 0 Å². The summed E-state index contributed by atoms with van der Waals surface area (Å²) >= 11 is 0. The number of carboxylic acid groups (broad SMARTS) is 1. The van der Waals surface area contributed by atoms with Crippen LogP contribution in [0.25, 0.3) is 0 Å². The number of amides is 2. The zero-order valence-corrected chi connectivity index (χ0v) is 9.97. The van der Waals surface area contributed by atoms with Crippen molar-refractivity contribution >= 4 is 18.0 Å². The second kappa shape index (κ2) is 6.80. The molecule has 1 aliphatic heterocycles. The Hall–Kier alpha value is -1.83. The Labute approximate surface area is 104 Å². The first-order valence-electron chi connectivity index (χ1n) is 5.47. The van der Waals surface area contributed by atoms with E-state index >= 15 is 0 Å². The van der Waals surface area contributed by atoms with Crippen molar-refractivity contribution in [1.82, 2.24) is 10.6 Å². The minimum absolute atomic E-state index is 0.127. The van der Waals surface area contributed by atoms with Gasteiger partial charge in [0.05, 0.1) is 26.2 Å². The van der Waals surface area contributed by atoms with Crippen LogP contribution >= 0.6 is 0 Å². The van der Waals surface area contributed by atoms with Gasteiger partial charge in [0, 0.05) is 6.61 Å². The predicted molar refractivity (Wildman–Crippen MR) is 58.9 cm³/mol. The van der Waals surface area contributed by atoms with Crippen molar-refractivity contribution in [2.24, 2.45) is 0 Å². The standard InChI is InChI=1S/C10H16N2O6/c1-17-8(13)4-7(9(14)15)12-10(16)11-6-2-3-18-5-6/h6-7H,2-5H2,1H3,(H,14,15)(H2,11,12,16)/t6?,7-/m0/s1. The van der Waals surface area contributed by atoms with Crippen LogP contribution in [-0.4, -0.2) is 55.5 Å². The molecule has 8 nitrogen and oxygen atoms in total. The van der Waals surface area contributed by atoms with E-state index in [-0.39, 0.29) is 6.04 Å². The predicted octanol–water partition coefficient (Wildman–Crippen LogP) is -0.909. The Balaban J connectivity index is 2.41. The van der Waals surface area contributed by atoms with Gasteiger partial charge in [-0.25, -0.2) is 9.59 Å². The first-order chi connectivity index (χ1) is 8.52. The molecule has 2 amide bonds. The van der Waals surface area contributed by atoms with Crippen molar-refractivity contribution in [2.45, 2.75) is 24.9 Å². The summed E-state index contributed by atoms with van der Waals surface area (Å²) in [4.78, 5) is 33.3. The summed E-state index contributed by atoms with van der Waals surface area (Å²) in [7, 11) is 1.15. The molecule has 0 saturated carbocycles. The molecule has 18 heavy (non-hydrogen) atoms. The van der Waals surface area contributed by atoms with Crippen LogP contribution in [-0.2, 0) is 19.1 Å². The van der Waals surface area contributed by atoms with Gasteiger partial charge >= 0.3 is 18.0 Å². The summed E-state index contributed by atoms with van der Waals surface area (Å²) in [6.45, 7) is 0.970. The average molecular weight is 260 g/mol. The largest absolute Gasteiger partial charge is 0.480 e. The average Bonchev–Trinajstić information content (AvgIpc) is 2.80. The van der Waals surface area contributed by atoms with Gasteiger partial charge in [-0.1, -0.05) is 0 Å². The molecule has 1 aliphatic rings. The highest BCUT2D eigenvalue weighted by molar-refractivity contribution is 5.86. The fourth-order valence-electron chi connectivity index (χ4n) is 1.48. The SMILES string of the molecule is COC(=O)C[C@H](NC(=O)NC1CCOC1)C(=O)O. The monoisotopic (exact) mass is 260 g/mol. The maximum absolute atomic E-state index is 11.5. The Bertz CT molecular complexity index is 326. The molecule has 0 radical (unpaired) electrons. The maximum atomic E-state index is 11.5. The van der Waals surface area contributed by atoms with Crippen LogP contribution in [0.1, 0.15) is 12.8 Å². The summed E-state index contributed by atoms with van der Waals surface area (Å²) in [5, 5.41) is 13.6. The lowest BCUT2D eigenvalue weighted by molar-refractivity contribution is -0.147. The fourth-order valence-corrected chi connectivity index (χ4v) is 1.48. The van der Waals surface area contributed by atoms with E-state index in [4.69, 9.17) is 9.84 Å². The number of methoxy groups -OCH3 is 1. The number of carboxylic acids is 1. The number of urea groups is 1. The smallest absolute Gasteiger partial charge is 0.326 e. The van der Waals surface area contributed by atoms with E-state index in [1.165, 1.54) is 0 Å². The summed E-state index contributed by atoms with van der Waals surface area (Å²) in [5.74, 6) is -2.00. The van der Waals surface area contributed by atoms with E-state index in [2.05, 4.69) is 15.4 Å². The van der Waals surface area contributed by atoms with Gasteiger partial charge < -0.3 is 25.2 Å². The molecule has 102 valence electrons. The van der Waals surface area contributed by atoms with Crippen molar-refractivity contribution in [1.29, 1.82) is 0 Å². The normalized spacial score (nSPS) is 19.9. The second-order valence-corrected chi connectivity index (χ2v) is 3.85. The molecule has 1 fully saturated rings. The molecule has 0 aliphatic carbocycles. The van der Waals surface area contributed by atoms with Crippen LogP contribution < -0.4 is 10.6 Å². The minimum Gasteiger partial charge on any atom is -0.480 e. The minimum atomic E-state index is -1.31. The van der Waals surface area contributed by atoms with Crippen LogP contribution in [0.2, 0.25) is 0 Å². The molecule has 0 bridgehead atoms. The van der Waals surface area contributed by atoms with Crippen molar-refractivity contribution in [3.8, 4) is 0 Å². The Morgan fingerprint density at radius 3 is 2.72 bits per heavy atom. The van der Waals surface area contributed by atoms with Gasteiger partial charge in [0.2, 0.25) is 0 Å². The Morgan fingerprint density at radius 1 is 1.50 bits per heavy atom. The molecule has 0 spiro atoms. The maximum Gasteiger partial charge on any atom is 0.326 e. The van der Waals surface area contributed by atoms with Gasteiger partial charge in [-0.3, -0.25) is 4.79 Å². The number of esters is 1. The molecule has 3 N–H and O–H groups in total. The van der Waals surface area contributed by atoms with E-state index in [1.807, 2.05) is 0 Å². The number of rotatable bonds is 5. The molecular weight excluding hydrogens is 244 g/mol. The topological polar surface area (TPSA) is 114 Å². The molecule has 1 rings (SSSR count). The third kappa shape index (κ3) is 4.58. The van der Waals surface area contributed by atoms with E-state index in [0.29, 0.717) is 19.6 Å². The zero-order chi connectivity index (χ0) is 13.5. The Kier molecular flexibility index (Phi) is 5.37. The highest BCUT2D eigenvalue weighted by Crippen LogP contribution is 2.03. The van der Waals surface area contributed by atoms with Crippen LogP contribution in [0.4, 0.5) is 4.79 Å². The molecule has 1 heterocycles. The highest BCUT2D eigenvalue weighted by atomic mass is 16.5. The molecular formula is C10H16N2O6. The quantitative estimate of drug-likeness (QED) is 0.551. The molecule has 0 aromatic heterocycles. The first kappa shape index (κ1) is 14.2. The lowest BCUT2D eigenvalue weighted by atomic mass is 10.2. The van der Waals surface area contributed by atoms with E-state index < -0.39 is 30.4 Å². The van der Waals surface area contributed by atoms with Gasteiger partial charge in [0.1, 0.15) is 6.04 Å². The zero-order valence-electron chi connectivity index (χ0n) is 9.97. The third-order valence-corrected chi connectivity index (χ3v) is 2.47. The van der Waals surface area contributed by atoms with E-state index in [0.717, 1.165) is 7.11 Å². The second-order valence-electron chi connectivity index (χ2n) is 3.85. The van der Waals surface area contributed by atoms with Gasteiger partial charge in [0.15, 0.2) is 0 Å². The molecule has 0 aromatic carbocycles. The van der Waals surface area contributed by atoms with Crippen LogP contribution in [0.5, 0.6) is 0 Å². The molecule has 2 atom stereocenters. The number of hydrogen-bond acceptors (Lipinski definition) is 5. The van der Waals surface area contributed by atoms with Gasteiger partial charge in [-0.2, -0.15) is 0 Å². The van der Waals surface area contributed by atoms with Crippen molar-refractivity contribution < 1.29 is 29.0 Å². The van der Waals surface area contributed by atoms with E-state index in [9.17, 15) is 14.4 Å². The number of aliphatic carboxylic acids is 1. The number of nitrogens with one attached hydrogen (secondary N) is 2. The number of ether oxygens (including phenoxy) is 2. The van der Waals surface area contributed by atoms with Gasteiger partial charge in [-0.15, -0.1) is 0 Å². The summed E-state index contributed by atoms with van der Waals surface area (Å²) in [6.07, 6.45) is 0.266. The molecule has 1 unspecified atom stereocenters. The number of carbonyl (C=O) groups is 3. The number of hydrogen-bond donors (Lipinski definition) is 3. The molecule has 8 heteroatoms. The summed E-state index contributed by atoms with van der Waals surface area (Å²) < 4.78 is 9.41. The Morgan fingerprint density at radius 2 is 2.22 bits per heavy atom.